The lowest BCUT2D eigenvalue weighted by Gasteiger charge is -2.03. The number of nitriles is 1. The van der Waals surface area contributed by atoms with Gasteiger partial charge in [0.15, 0.2) is 5.15 Å². The molecular weight excluding hydrogens is 334 g/mol. The Morgan fingerprint density at radius 3 is 2.74 bits per heavy atom. The average Bonchev–Trinajstić information content (AvgIpc) is 2.69. The molecule has 0 saturated heterocycles. The van der Waals surface area contributed by atoms with Gasteiger partial charge in [-0.15, -0.1) is 0 Å². The van der Waals surface area contributed by atoms with Crippen molar-refractivity contribution in [3.05, 3.63) is 49.2 Å². The number of nitrogens with zero attached hydrogens (tertiary/aromatic N) is 2. The van der Waals surface area contributed by atoms with E-state index < -0.39 is 4.92 Å². The first-order valence-electron chi connectivity index (χ1n) is 5.18. The molecule has 0 saturated carbocycles. The average molecular weight is 341 g/mol. The van der Waals surface area contributed by atoms with E-state index in [1.165, 1.54) is 0 Å². The number of aromatic amines is 1. The maximum absolute atomic E-state index is 11.1. The molecule has 19 heavy (non-hydrogen) atoms. The zero-order valence-corrected chi connectivity index (χ0v) is 12.0. The van der Waals surface area contributed by atoms with Gasteiger partial charge >= 0.3 is 5.69 Å². The molecule has 7 heteroatoms. The van der Waals surface area contributed by atoms with Crippen LogP contribution in [0.15, 0.2) is 22.7 Å². The Kier molecular flexibility index (Phi) is 3.60. The third-order valence-corrected chi connectivity index (χ3v) is 3.83. The van der Waals surface area contributed by atoms with E-state index in [2.05, 4.69) is 20.9 Å². The molecule has 1 N–H and O–H groups in total. The van der Waals surface area contributed by atoms with E-state index in [4.69, 9.17) is 16.9 Å². The Morgan fingerprint density at radius 1 is 1.53 bits per heavy atom. The minimum Gasteiger partial charge on any atom is -0.331 e. The van der Waals surface area contributed by atoms with Crippen molar-refractivity contribution in [2.24, 2.45) is 0 Å². The summed E-state index contributed by atoms with van der Waals surface area (Å²) in [5.74, 6) is 0. The van der Waals surface area contributed by atoms with Crippen LogP contribution in [0.2, 0.25) is 5.15 Å². The molecule has 0 amide bonds. The topological polar surface area (TPSA) is 82.7 Å². The first-order chi connectivity index (χ1) is 8.95. The molecule has 0 spiro atoms. The van der Waals surface area contributed by atoms with Crippen LogP contribution in [0.25, 0.3) is 11.1 Å². The van der Waals surface area contributed by atoms with Gasteiger partial charge in [0.25, 0.3) is 0 Å². The fourth-order valence-electron chi connectivity index (χ4n) is 1.80. The van der Waals surface area contributed by atoms with Gasteiger partial charge < -0.3 is 4.98 Å². The Hall–Kier alpha value is -1.84. The molecule has 0 radical (unpaired) electrons. The molecule has 0 unspecified atom stereocenters. The highest BCUT2D eigenvalue weighted by Gasteiger charge is 2.27. The van der Waals surface area contributed by atoms with E-state index in [-0.39, 0.29) is 22.1 Å². The normalized spacial score (nSPS) is 10.2. The van der Waals surface area contributed by atoms with Crippen molar-refractivity contribution in [3.63, 3.8) is 0 Å². The van der Waals surface area contributed by atoms with Gasteiger partial charge in [-0.05, 0) is 30.2 Å². The molecule has 5 nitrogen and oxygen atoms in total. The molecule has 0 aliphatic carbocycles. The predicted molar refractivity (Wildman–Crippen MR) is 75.0 cm³/mol. The van der Waals surface area contributed by atoms with Gasteiger partial charge in [-0.1, -0.05) is 33.6 Å². The maximum Gasteiger partial charge on any atom is 0.315 e. The third-order valence-electron chi connectivity index (χ3n) is 2.67. The van der Waals surface area contributed by atoms with Crippen molar-refractivity contribution in [1.82, 2.24) is 4.98 Å². The van der Waals surface area contributed by atoms with Crippen LogP contribution in [0.5, 0.6) is 0 Å². The summed E-state index contributed by atoms with van der Waals surface area (Å²) < 4.78 is 0.888. The zero-order chi connectivity index (χ0) is 14.2. The highest BCUT2D eigenvalue weighted by Crippen LogP contribution is 2.39. The molecule has 2 aromatic rings. The van der Waals surface area contributed by atoms with Crippen molar-refractivity contribution in [2.45, 2.75) is 6.92 Å². The summed E-state index contributed by atoms with van der Waals surface area (Å²) in [5, 5.41) is 20.0. The van der Waals surface area contributed by atoms with Crippen molar-refractivity contribution in [2.75, 3.05) is 0 Å². The van der Waals surface area contributed by atoms with E-state index in [0.717, 1.165) is 10.0 Å². The monoisotopic (exact) mass is 339 g/mol. The van der Waals surface area contributed by atoms with Crippen LogP contribution in [-0.2, 0) is 0 Å². The van der Waals surface area contributed by atoms with Crippen molar-refractivity contribution >= 4 is 33.2 Å². The number of H-pyrrole nitrogens is 1. The molecular formula is C12H7BrClN3O2. The van der Waals surface area contributed by atoms with E-state index in [1.54, 1.807) is 18.2 Å². The molecule has 0 bridgehead atoms. The van der Waals surface area contributed by atoms with Gasteiger partial charge in [0.2, 0.25) is 0 Å². The lowest BCUT2D eigenvalue weighted by molar-refractivity contribution is -0.383. The van der Waals surface area contributed by atoms with Gasteiger partial charge in [-0.25, -0.2) is 0 Å². The maximum atomic E-state index is 11.1. The highest BCUT2D eigenvalue weighted by atomic mass is 79.9. The van der Waals surface area contributed by atoms with Crippen molar-refractivity contribution < 1.29 is 4.92 Å². The second-order valence-corrected chi connectivity index (χ2v) is 5.10. The number of hydrogen-bond donors (Lipinski definition) is 1. The predicted octanol–water partition coefficient (Wildman–Crippen LogP) is 4.19. The van der Waals surface area contributed by atoms with E-state index >= 15 is 0 Å². The lowest BCUT2D eigenvalue weighted by Crippen LogP contribution is -1.91. The minimum atomic E-state index is -0.591. The van der Waals surface area contributed by atoms with Crippen LogP contribution in [0.4, 0.5) is 5.69 Å². The molecule has 1 aromatic carbocycles. The third kappa shape index (κ3) is 2.35. The Labute approximate surface area is 122 Å². The van der Waals surface area contributed by atoms with Crippen LogP contribution in [0.3, 0.4) is 0 Å². The van der Waals surface area contributed by atoms with Gasteiger partial charge in [0, 0.05) is 4.47 Å². The van der Waals surface area contributed by atoms with Crippen LogP contribution in [-0.4, -0.2) is 9.91 Å². The SMILES string of the molecule is Cc1cc(-c2c(C#N)[nH]c(Cl)c2[N+](=O)[O-])ccc1Br. The van der Waals surface area contributed by atoms with Crippen LogP contribution < -0.4 is 0 Å². The first kappa shape index (κ1) is 13.6. The van der Waals surface area contributed by atoms with Gasteiger partial charge in [0.1, 0.15) is 11.8 Å². The smallest absolute Gasteiger partial charge is 0.315 e. The number of benzene rings is 1. The number of hydrogen-bond acceptors (Lipinski definition) is 3. The standard InChI is InChI=1S/C12H7BrClN3O2/c1-6-4-7(2-3-8(6)13)10-9(5-15)16-12(14)11(10)17(18)19/h2-4,16H,1H3. The van der Waals surface area contributed by atoms with Gasteiger partial charge in [-0.3, -0.25) is 10.1 Å². The summed E-state index contributed by atoms with van der Waals surface area (Å²) in [4.78, 5) is 13.0. The summed E-state index contributed by atoms with van der Waals surface area (Å²) in [6.07, 6.45) is 0. The van der Waals surface area contributed by atoms with Gasteiger partial charge in [0.05, 0.1) is 10.5 Å². The second kappa shape index (κ2) is 5.03. The minimum absolute atomic E-state index is 0.0819. The number of nitro groups is 1. The number of aromatic nitrogens is 1. The molecule has 1 heterocycles. The largest absolute Gasteiger partial charge is 0.331 e. The number of nitrogens with one attached hydrogen (secondary N) is 1. The Bertz CT molecular complexity index is 718. The Balaban J connectivity index is 2.77. The highest BCUT2D eigenvalue weighted by molar-refractivity contribution is 9.10. The summed E-state index contributed by atoms with van der Waals surface area (Å²) >= 11 is 9.14. The number of halogens is 2. The molecule has 0 aliphatic heterocycles. The molecule has 96 valence electrons. The second-order valence-electron chi connectivity index (χ2n) is 3.87. The summed E-state index contributed by atoms with van der Waals surface area (Å²) in [7, 11) is 0. The van der Waals surface area contributed by atoms with Crippen molar-refractivity contribution in [3.8, 4) is 17.2 Å². The summed E-state index contributed by atoms with van der Waals surface area (Å²) in [5.41, 5.74) is 1.51. The fraction of sp³-hybridized carbons (Fsp3) is 0.0833. The summed E-state index contributed by atoms with van der Waals surface area (Å²) in [6.45, 7) is 1.86. The number of aryl methyl sites for hydroxylation is 1. The summed E-state index contributed by atoms with van der Waals surface area (Å²) in [6, 6.07) is 7.12. The molecule has 0 fully saturated rings. The van der Waals surface area contributed by atoms with Gasteiger partial charge in [-0.2, -0.15) is 5.26 Å². The lowest BCUT2D eigenvalue weighted by atomic mass is 10.0. The quantitative estimate of drug-likeness (QED) is 0.657. The van der Waals surface area contributed by atoms with Crippen LogP contribution in [0.1, 0.15) is 11.3 Å². The van der Waals surface area contributed by atoms with Crippen LogP contribution >= 0.6 is 27.5 Å². The molecule has 0 atom stereocenters. The first-order valence-corrected chi connectivity index (χ1v) is 6.35. The van der Waals surface area contributed by atoms with E-state index in [1.807, 2.05) is 13.0 Å². The molecule has 1 aromatic heterocycles. The Morgan fingerprint density at radius 2 is 2.21 bits per heavy atom. The fourth-order valence-corrected chi connectivity index (χ4v) is 2.30. The van der Waals surface area contributed by atoms with E-state index in [9.17, 15) is 10.1 Å². The molecule has 0 aliphatic rings. The van der Waals surface area contributed by atoms with Crippen molar-refractivity contribution in [1.29, 1.82) is 5.26 Å². The van der Waals surface area contributed by atoms with E-state index in [0.29, 0.717) is 5.56 Å². The number of rotatable bonds is 2. The van der Waals surface area contributed by atoms with Crippen LogP contribution in [0, 0.1) is 28.4 Å². The molecule has 2 rings (SSSR count). The zero-order valence-electron chi connectivity index (χ0n) is 9.70.